The number of urea groups is 1. The number of nitriles is 1. The van der Waals surface area contributed by atoms with Crippen molar-refractivity contribution >= 4 is 22.6 Å². The molecule has 2 aromatic carbocycles. The van der Waals surface area contributed by atoms with Crippen LogP contribution in [0, 0.1) is 18.3 Å². The van der Waals surface area contributed by atoms with Crippen molar-refractivity contribution in [3.63, 3.8) is 0 Å². The summed E-state index contributed by atoms with van der Waals surface area (Å²) >= 11 is 0. The lowest BCUT2D eigenvalue weighted by Crippen LogP contribution is -2.28. The highest BCUT2D eigenvalue weighted by atomic mass is 16.2. The van der Waals surface area contributed by atoms with E-state index >= 15 is 0 Å². The fraction of sp³-hybridized carbons (Fsp3) is 0.111. The molecule has 0 aliphatic heterocycles. The number of rotatable bonds is 3. The summed E-state index contributed by atoms with van der Waals surface area (Å²) in [5.41, 5.74) is 4.04. The third-order valence-electron chi connectivity index (χ3n) is 3.64. The number of hydrogen-bond donors (Lipinski definition) is 3. The van der Waals surface area contributed by atoms with Gasteiger partial charge in [0.25, 0.3) is 0 Å². The van der Waals surface area contributed by atoms with E-state index in [1.807, 2.05) is 43.3 Å². The van der Waals surface area contributed by atoms with E-state index in [-0.39, 0.29) is 6.03 Å². The fourth-order valence-corrected chi connectivity index (χ4v) is 2.40. The Balaban J connectivity index is 1.64. The third kappa shape index (κ3) is 3.33. The van der Waals surface area contributed by atoms with Gasteiger partial charge in [-0.05, 0) is 42.1 Å². The van der Waals surface area contributed by atoms with E-state index < -0.39 is 0 Å². The molecule has 1 heterocycles. The number of carbonyl (C=O) groups is 1. The van der Waals surface area contributed by atoms with Crippen LogP contribution in [0.2, 0.25) is 0 Å². The minimum atomic E-state index is -0.304. The molecule has 3 aromatic rings. The van der Waals surface area contributed by atoms with Gasteiger partial charge in [0.15, 0.2) is 0 Å². The van der Waals surface area contributed by atoms with Gasteiger partial charge in [-0.25, -0.2) is 4.79 Å². The van der Waals surface area contributed by atoms with Crippen molar-refractivity contribution in [2.24, 2.45) is 0 Å². The van der Waals surface area contributed by atoms with Crippen molar-refractivity contribution in [1.29, 1.82) is 5.26 Å². The first-order valence-corrected chi connectivity index (χ1v) is 7.28. The first kappa shape index (κ1) is 14.7. The number of aromatic amines is 1. The molecule has 0 atom stereocenters. The summed E-state index contributed by atoms with van der Waals surface area (Å²) in [5, 5.41) is 15.6. The standard InChI is InChI=1S/C18H16N4O/c1-12-6-7-13(10-19)8-17(12)22-18(23)20-11-15-9-14-4-2-3-5-16(14)21-15/h2-9,21H,11H2,1H3,(H2,20,22,23). The number of anilines is 1. The summed E-state index contributed by atoms with van der Waals surface area (Å²) in [6.45, 7) is 2.28. The topological polar surface area (TPSA) is 80.7 Å². The van der Waals surface area contributed by atoms with Gasteiger partial charge in [0.05, 0.1) is 18.2 Å². The highest BCUT2D eigenvalue weighted by Crippen LogP contribution is 2.17. The van der Waals surface area contributed by atoms with Crippen molar-refractivity contribution in [1.82, 2.24) is 10.3 Å². The maximum absolute atomic E-state index is 12.0. The lowest BCUT2D eigenvalue weighted by molar-refractivity contribution is 0.251. The van der Waals surface area contributed by atoms with Crippen LogP contribution < -0.4 is 10.6 Å². The summed E-state index contributed by atoms with van der Waals surface area (Å²) in [7, 11) is 0. The number of fused-ring (bicyclic) bond motifs is 1. The monoisotopic (exact) mass is 304 g/mol. The molecule has 0 bridgehead atoms. The van der Waals surface area contributed by atoms with Crippen LogP contribution in [-0.4, -0.2) is 11.0 Å². The predicted octanol–water partition coefficient (Wildman–Crippen LogP) is 3.67. The quantitative estimate of drug-likeness (QED) is 0.690. The average molecular weight is 304 g/mol. The zero-order valence-corrected chi connectivity index (χ0v) is 12.7. The zero-order chi connectivity index (χ0) is 16.2. The van der Waals surface area contributed by atoms with Gasteiger partial charge in [-0.15, -0.1) is 0 Å². The number of H-pyrrole nitrogens is 1. The summed E-state index contributed by atoms with van der Waals surface area (Å²) in [6, 6.07) is 16.9. The molecule has 2 amide bonds. The van der Waals surface area contributed by atoms with E-state index in [1.165, 1.54) is 0 Å². The van der Waals surface area contributed by atoms with E-state index in [9.17, 15) is 4.79 Å². The Morgan fingerprint density at radius 1 is 1.22 bits per heavy atom. The minimum Gasteiger partial charge on any atom is -0.357 e. The molecular formula is C18H16N4O. The highest BCUT2D eigenvalue weighted by Gasteiger charge is 2.06. The molecule has 5 heteroatoms. The number of hydrogen-bond acceptors (Lipinski definition) is 2. The number of nitrogens with zero attached hydrogens (tertiary/aromatic N) is 1. The Hall–Kier alpha value is -3.26. The molecular weight excluding hydrogens is 288 g/mol. The van der Waals surface area contributed by atoms with E-state index in [2.05, 4.69) is 21.7 Å². The van der Waals surface area contributed by atoms with Crippen LogP contribution in [0.25, 0.3) is 10.9 Å². The number of amides is 2. The number of carbonyl (C=O) groups excluding carboxylic acids is 1. The molecule has 0 radical (unpaired) electrons. The molecule has 3 N–H and O–H groups in total. The van der Waals surface area contributed by atoms with Crippen LogP contribution in [0.5, 0.6) is 0 Å². The summed E-state index contributed by atoms with van der Waals surface area (Å²) in [4.78, 5) is 15.3. The Morgan fingerprint density at radius 3 is 2.83 bits per heavy atom. The van der Waals surface area contributed by atoms with Gasteiger partial charge in [0, 0.05) is 16.9 Å². The van der Waals surface area contributed by atoms with Crippen LogP contribution in [-0.2, 0) is 6.54 Å². The third-order valence-corrected chi connectivity index (χ3v) is 3.64. The Morgan fingerprint density at radius 2 is 2.04 bits per heavy atom. The molecule has 1 aromatic heterocycles. The summed E-state index contributed by atoms with van der Waals surface area (Å²) in [6.07, 6.45) is 0. The second-order valence-electron chi connectivity index (χ2n) is 5.33. The van der Waals surface area contributed by atoms with Gasteiger partial charge in [-0.1, -0.05) is 24.3 Å². The molecule has 0 aliphatic rings. The van der Waals surface area contributed by atoms with Crippen molar-refractivity contribution in [3.8, 4) is 6.07 Å². The Kier molecular flexibility index (Phi) is 3.98. The summed E-state index contributed by atoms with van der Waals surface area (Å²) in [5.74, 6) is 0. The molecule has 5 nitrogen and oxygen atoms in total. The molecule has 23 heavy (non-hydrogen) atoms. The number of aryl methyl sites for hydroxylation is 1. The zero-order valence-electron chi connectivity index (χ0n) is 12.7. The lowest BCUT2D eigenvalue weighted by atomic mass is 10.1. The van der Waals surface area contributed by atoms with E-state index in [4.69, 9.17) is 5.26 Å². The van der Waals surface area contributed by atoms with Crippen molar-refractivity contribution in [2.75, 3.05) is 5.32 Å². The molecule has 114 valence electrons. The number of benzene rings is 2. The molecule has 0 saturated carbocycles. The SMILES string of the molecule is Cc1ccc(C#N)cc1NC(=O)NCc1cc2ccccc2[nH]1. The van der Waals surface area contributed by atoms with Crippen molar-refractivity contribution in [2.45, 2.75) is 13.5 Å². The largest absolute Gasteiger partial charge is 0.357 e. The van der Waals surface area contributed by atoms with Gasteiger partial charge in [-0.2, -0.15) is 5.26 Å². The molecule has 0 unspecified atom stereocenters. The smallest absolute Gasteiger partial charge is 0.319 e. The van der Waals surface area contributed by atoms with Crippen molar-refractivity contribution < 1.29 is 4.79 Å². The summed E-state index contributed by atoms with van der Waals surface area (Å²) < 4.78 is 0. The van der Waals surface area contributed by atoms with Crippen LogP contribution in [0.15, 0.2) is 48.5 Å². The van der Waals surface area contributed by atoms with Crippen LogP contribution in [0.1, 0.15) is 16.8 Å². The average Bonchev–Trinajstić information content (AvgIpc) is 2.98. The van der Waals surface area contributed by atoms with E-state index in [1.54, 1.807) is 12.1 Å². The molecule has 3 rings (SSSR count). The second kappa shape index (κ2) is 6.24. The fourth-order valence-electron chi connectivity index (χ4n) is 2.40. The first-order chi connectivity index (χ1) is 11.2. The van der Waals surface area contributed by atoms with Crippen LogP contribution >= 0.6 is 0 Å². The first-order valence-electron chi connectivity index (χ1n) is 7.28. The molecule has 0 aliphatic carbocycles. The minimum absolute atomic E-state index is 0.304. The number of nitrogens with one attached hydrogen (secondary N) is 3. The van der Waals surface area contributed by atoms with E-state index in [0.717, 1.165) is 22.2 Å². The molecule has 0 spiro atoms. The maximum Gasteiger partial charge on any atom is 0.319 e. The molecule has 0 fully saturated rings. The van der Waals surface area contributed by atoms with Gasteiger partial charge >= 0.3 is 6.03 Å². The van der Waals surface area contributed by atoms with Crippen LogP contribution in [0.3, 0.4) is 0 Å². The van der Waals surface area contributed by atoms with Gasteiger partial charge < -0.3 is 15.6 Å². The predicted molar refractivity (Wildman–Crippen MR) is 90.1 cm³/mol. The van der Waals surface area contributed by atoms with Gasteiger partial charge in [-0.3, -0.25) is 0 Å². The van der Waals surface area contributed by atoms with Crippen LogP contribution in [0.4, 0.5) is 10.5 Å². The van der Waals surface area contributed by atoms with Gasteiger partial charge in [0.1, 0.15) is 0 Å². The van der Waals surface area contributed by atoms with Gasteiger partial charge in [0.2, 0.25) is 0 Å². The van der Waals surface area contributed by atoms with E-state index in [0.29, 0.717) is 17.8 Å². The maximum atomic E-state index is 12.0. The number of para-hydroxylation sites is 1. The Bertz CT molecular complexity index is 872. The second-order valence-corrected chi connectivity index (χ2v) is 5.33. The highest BCUT2D eigenvalue weighted by molar-refractivity contribution is 5.90. The molecule has 0 saturated heterocycles. The lowest BCUT2D eigenvalue weighted by Gasteiger charge is -2.09. The Labute approximate surface area is 133 Å². The normalized spacial score (nSPS) is 10.3. The van der Waals surface area contributed by atoms with Crippen molar-refractivity contribution in [3.05, 3.63) is 65.4 Å². The number of aromatic nitrogens is 1.